The minimum Gasteiger partial charge on any atom is -0.392 e. The zero-order valence-corrected chi connectivity index (χ0v) is 15.7. The molecule has 0 aliphatic carbocycles. The number of imidazole rings is 1. The van der Waals surface area contributed by atoms with Crippen LogP contribution in [0, 0.1) is 0 Å². The predicted molar refractivity (Wildman–Crippen MR) is 109 cm³/mol. The molecule has 0 spiro atoms. The highest BCUT2D eigenvalue weighted by Crippen LogP contribution is 2.21. The van der Waals surface area contributed by atoms with E-state index in [9.17, 15) is 9.90 Å². The third kappa shape index (κ3) is 3.75. The number of nitrogens with zero attached hydrogens (tertiary/aromatic N) is 4. The normalized spacial score (nSPS) is 14.9. The molecule has 7 heteroatoms. The number of amides is 1. The minimum atomic E-state index is -0.513. The molecule has 2 aromatic carbocycles. The summed E-state index contributed by atoms with van der Waals surface area (Å²) >= 11 is 0. The van der Waals surface area contributed by atoms with E-state index >= 15 is 0 Å². The lowest BCUT2D eigenvalue weighted by atomic mass is 10.1. The van der Waals surface area contributed by atoms with E-state index in [0.717, 1.165) is 28.7 Å². The number of para-hydroxylation sites is 2. The van der Waals surface area contributed by atoms with Gasteiger partial charge in [-0.1, -0.05) is 42.5 Å². The molecule has 1 aliphatic heterocycles. The molecule has 1 atom stereocenters. The van der Waals surface area contributed by atoms with Crippen molar-refractivity contribution in [1.82, 2.24) is 14.6 Å². The first-order chi connectivity index (χ1) is 13.6. The molecule has 1 amide bonds. The number of aromatic nitrogens is 2. The van der Waals surface area contributed by atoms with Gasteiger partial charge in [0.25, 0.3) is 5.91 Å². The molecule has 4 rings (SSSR count). The van der Waals surface area contributed by atoms with E-state index in [-0.39, 0.29) is 12.5 Å². The topological polar surface area (TPSA) is 82.8 Å². The Morgan fingerprint density at radius 2 is 1.93 bits per heavy atom. The van der Waals surface area contributed by atoms with Crippen molar-refractivity contribution in [3.8, 4) is 0 Å². The molecule has 1 aliphatic rings. The van der Waals surface area contributed by atoms with Crippen LogP contribution < -0.4 is 5.32 Å². The standard InChI is InChI=1S/C21H23N5O2/c1-15(27)13-22-21-23-18-9-5-6-10-19(18)25(21)14-20(28)26-12-11-17(24-26)16-7-3-2-4-8-16/h2-10,15,27H,11-14H2,1H3,(H,22,23). The lowest BCUT2D eigenvalue weighted by Crippen LogP contribution is -2.28. The third-order valence-corrected chi connectivity index (χ3v) is 4.70. The van der Waals surface area contributed by atoms with Crippen molar-refractivity contribution in [1.29, 1.82) is 0 Å². The summed E-state index contributed by atoms with van der Waals surface area (Å²) in [5.41, 5.74) is 3.65. The number of anilines is 1. The SMILES string of the molecule is CC(O)CNc1nc2ccccc2n1CC(=O)N1CCC(c2ccccc2)=N1. The van der Waals surface area contributed by atoms with Crippen LogP contribution in [0.5, 0.6) is 0 Å². The Bertz CT molecular complexity index is 1010. The Morgan fingerprint density at radius 1 is 1.18 bits per heavy atom. The van der Waals surface area contributed by atoms with Crippen molar-refractivity contribution in [2.75, 3.05) is 18.4 Å². The van der Waals surface area contributed by atoms with Crippen LogP contribution in [-0.4, -0.2) is 50.5 Å². The Balaban J connectivity index is 1.57. The van der Waals surface area contributed by atoms with Gasteiger partial charge < -0.3 is 15.0 Å². The van der Waals surface area contributed by atoms with Crippen molar-refractivity contribution in [2.24, 2.45) is 5.10 Å². The molecule has 0 bridgehead atoms. The Labute approximate surface area is 163 Å². The second kappa shape index (κ2) is 7.82. The number of fused-ring (bicyclic) bond motifs is 1. The number of hydrogen-bond donors (Lipinski definition) is 2. The fourth-order valence-electron chi connectivity index (χ4n) is 3.30. The van der Waals surface area contributed by atoms with Gasteiger partial charge in [0.2, 0.25) is 5.95 Å². The molecule has 1 aromatic heterocycles. The lowest BCUT2D eigenvalue weighted by molar-refractivity contribution is -0.131. The molecule has 0 saturated carbocycles. The van der Waals surface area contributed by atoms with E-state index in [1.54, 1.807) is 6.92 Å². The summed E-state index contributed by atoms with van der Waals surface area (Å²) in [4.78, 5) is 17.5. The highest BCUT2D eigenvalue weighted by molar-refractivity contribution is 6.02. The molecule has 28 heavy (non-hydrogen) atoms. The largest absolute Gasteiger partial charge is 0.392 e. The van der Waals surface area contributed by atoms with Gasteiger partial charge in [0.1, 0.15) is 6.54 Å². The van der Waals surface area contributed by atoms with Gasteiger partial charge in [-0.3, -0.25) is 4.79 Å². The van der Waals surface area contributed by atoms with Gasteiger partial charge in [-0.2, -0.15) is 5.10 Å². The highest BCUT2D eigenvalue weighted by atomic mass is 16.3. The zero-order valence-electron chi connectivity index (χ0n) is 15.7. The van der Waals surface area contributed by atoms with Gasteiger partial charge >= 0.3 is 0 Å². The maximum Gasteiger partial charge on any atom is 0.262 e. The summed E-state index contributed by atoms with van der Waals surface area (Å²) in [5.74, 6) is 0.482. The van der Waals surface area contributed by atoms with Crippen LogP contribution in [0.25, 0.3) is 11.0 Å². The highest BCUT2D eigenvalue weighted by Gasteiger charge is 2.23. The molecule has 2 heterocycles. The Kier molecular flexibility index (Phi) is 5.08. The maximum atomic E-state index is 12.9. The van der Waals surface area contributed by atoms with Crippen LogP contribution in [0.3, 0.4) is 0 Å². The zero-order chi connectivity index (χ0) is 19.5. The Morgan fingerprint density at radius 3 is 2.71 bits per heavy atom. The van der Waals surface area contributed by atoms with Crippen molar-refractivity contribution in [3.05, 3.63) is 60.2 Å². The van der Waals surface area contributed by atoms with Crippen LogP contribution in [-0.2, 0) is 11.3 Å². The molecule has 0 saturated heterocycles. The number of carbonyl (C=O) groups excluding carboxylic acids is 1. The molecule has 0 fully saturated rings. The molecule has 7 nitrogen and oxygen atoms in total. The van der Waals surface area contributed by atoms with Crippen LogP contribution >= 0.6 is 0 Å². The van der Waals surface area contributed by atoms with E-state index in [1.807, 2.05) is 59.2 Å². The van der Waals surface area contributed by atoms with Crippen LogP contribution in [0.2, 0.25) is 0 Å². The van der Waals surface area contributed by atoms with Gasteiger partial charge in [0.15, 0.2) is 0 Å². The van der Waals surface area contributed by atoms with Gasteiger partial charge in [-0.05, 0) is 24.6 Å². The summed E-state index contributed by atoms with van der Waals surface area (Å²) in [5, 5.41) is 18.8. The van der Waals surface area contributed by atoms with Crippen molar-refractivity contribution < 1.29 is 9.90 Å². The first kappa shape index (κ1) is 18.2. The molecule has 0 radical (unpaired) electrons. The van der Waals surface area contributed by atoms with Crippen LogP contribution in [0.4, 0.5) is 5.95 Å². The molecule has 144 valence electrons. The Hall–Kier alpha value is -3.19. The fourth-order valence-corrected chi connectivity index (χ4v) is 3.30. The van der Waals surface area contributed by atoms with Crippen LogP contribution in [0.15, 0.2) is 59.7 Å². The number of nitrogens with one attached hydrogen (secondary N) is 1. The number of rotatable bonds is 6. The summed E-state index contributed by atoms with van der Waals surface area (Å²) in [6.45, 7) is 2.77. The first-order valence-corrected chi connectivity index (χ1v) is 9.42. The first-order valence-electron chi connectivity index (χ1n) is 9.42. The minimum absolute atomic E-state index is 0.0887. The van der Waals surface area contributed by atoms with Gasteiger partial charge in [-0.15, -0.1) is 0 Å². The summed E-state index contributed by atoms with van der Waals surface area (Å²) < 4.78 is 1.84. The van der Waals surface area contributed by atoms with E-state index in [0.29, 0.717) is 19.0 Å². The second-order valence-electron chi connectivity index (χ2n) is 6.92. The number of hydrogen-bond acceptors (Lipinski definition) is 5. The molecule has 1 unspecified atom stereocenters. The van der Waals surface area contributed by atoms with Crippen molar-refractivity contribution >= 4 is 28.6 Å². The number of carbonyl (C=O) groups is 1. The average molecular weight is 377 g/mol. The average Bonchev–Trinajstić information content (AvgIpc) is 3.33. The third-order valence-electron chi connectivity index (χ3n) is 4.70. The number of aliphatic hydroxyl groups excluding tert-OH is 1. The summed E-state index contributed by atoms with van der Waals surface area (Å²) in [6.07, 6.45) is 0.230. The quantitative estimate of drug-likeness (QED) is 0.691. The number of benzene rings is 2. The van der Waals surface area contributed by atoms with Crippen molar-refractivity contribution in [2.45, 2.75) is 26.0 Å². The van der Waals surface area contributed by atoms with Gasteiger partial charge in [0, 0.05) is 13.0 Å². The molecule has 3 aromatic rings. The fraction of sp³-hybridized carbons (Fsp3) is 0.286. The van der Waals surface area contributed by atoms with E-state index in [2.05, 4.69) is 15.4 Å². The van der Waals surface area contributed by atoms with E-state index < -0.39 is 6.10 Å². The monoisotopic (exact) mass is 377 g/mol. The number of hydrazone groups is 1. The second-order valence-corrected chi connectivity index (χ2v) is 6.92. The predicted octanol–water partition coefficient (Wildman–Crippen LogP) is 2.47. The van der Waals surface area contributed by atoms with Gasteiger partial charge in [-0.25, -0.2) is 9.99 Å². The van der Waals surface area contributed by atoms with E-state index in [1.165, 1.54) is 5.01 Å². The van der Waals surface area contributed by atoms with Gasteiger partial charge in [0.05, 0.1) is 29.4 Å². The maximum absolute atomic E-state index is 12.9. The molecular weight excluding hydrogens is 354 g/mol. The molecule has 2 N–H and O–H groups in total. The lowest BCUT2D eigenvalue weighted by Gasteiger charge is -2.15. The smallest absolute Gasteiger partial charge is 0.262 e. The van der Waals surface area contributed by atoms with Crippen LogP contribution in [0.1, 0.15) is 18.9 Å². The molecular formula is C21H23N5O2. The van der Waals surface area contributed by atoms with E-state index in [4.69, 9.17) is 0 Å². The van der Waals surface area contributed by atoms with Crippen molar-refractivity contribution in [3.63, 3.8) is 0 Å². The summed E-state index contributed by atoms with van der Waals surface area (Å²) in [6, 6.07) is 17.6. The summed E-state index contributed by atoms with van der Waals surface area (Å²) in [7, 11) is 0. The number of aliphatic hydroxyl groups is 1.